The van der Waals surface area contributed by atoms with Crippen molar-refractivity contribution in [2.24, 2.45) is 0 Å². The number of aromatic nitrogens is 2. The molecule has 0 aromatic carbocycles. The fourth-order valence-corrected chi connectivity index (χ4v) is 3.37. The minimum absolute atomic E-state index is 0.185. The van der Waals surface area contributed by atoms with Crippen molar-refractivity contribution in [3.63, 3.8) is 0 Å². The molecule has 0 bridgehead atoms. The van der Waals surface area contributed by atoms with Gasteiger partial charge in [0.15, 0.2) is 15.6 Å². The summed E-state index contributed by atoms with van der Waals surface area (Å²) in [7, 11) is -3.92. The molecule has 0 saturated carbocycles. The fraction of sp³-hybridized carbons (Fsp3) is 0.333. The highest BCUT2D eigenvalue weighted by molar-refractivity contribution is 9.09. The largest absolute Gasteiger partial charge is 0.416 e. The van der Waals surface area contributed by atoms with E-state index in [1.54, 1.807) is 0 Å². The summed E-state index contributed by atoms with van der Waals surface area (Å²) >= 11 is 2.90. The van der Waals surface area contributed by atoms with E-state index in [-0.39, 0.29) is 22.3 Å². The summed E-state index contributed by atoms with van der Waals surface area (Å²) in [4.78, 5) is 11.4. The fourth-order valence-electron chi connectivity index (χ4n) is 1.90. The molecule has 0 fully saturated rings. The Balaban J connectivity index is 2.88. The molecule has 120 valence electrons. The quantitative estimate of drug-likeness (QED) is 0.586. The zero-order chi connectivity index (χ0) is 16.7. The van der Waals surface area contributed by atoms with Crippen molar-refractivity contribution in [1.29, 1.82) is 0 Å². The second-order valence-electron chi connectivity index (χ2n) is 4.38. The third-order valence-electron chi connectivity index (χ3n) is 2.99. The van der Waals surface area contributed by atoms with E-state index < -0.39 is 32.3 Å². The number of sulfone groups is 1. The number of carbonyl (C=O) groups excluding carboxylic acids is 1. The zero-order valence-electron chi connectivity index (χ0n) is 11.2. The average Bonchev–Trinajstić information content (AvgIpc) is 2.84. The molecule has 2 rings (SSSR count). The van der Waals surface area contributed by atoms with Crippen LogP contribution in [-0.2, 0) is 16.0 Å². The van der Waals surface area contributed by atoms with Crippen LogP contribution in [0.5, 0.6) is 0 Å². The first-order valence-electron chi connectivity index (χ1n) is 6.03. The third-order valence-corrected chi connectivity index (χ3v) is 5.29. The van der Waals surface area contributed by atoms with Crippen molar-refractivity contribution < 1.29 is 26.4 Å². The lowest BCUT2D eigenvalue weighted by molar-refractivity contribution is -0.137. The lowest BCUT2D eigenvalue weighted by Gasteiger charge is -2.07. The van der Waals surface area contributed by atoms with Gasteiger partial charge in [-0.3, -0.25) is 4.79 Å². The number of nitrogens with zero attached hydrogens (tertiary/aromatic N) is 2. The van der Waals surface area contributed by atoms with Gasteiger partial charge in [-0.25, -0.2) is 12.9 Å². The van der Waals surface area contributed by atoms with E-state index in [0.29, 0.717) is 6.07 Å². The third kappa shape index (κ3) is 2.89. The Hall–Kier alpha value is -1.42. The van der Waals surface area contributed by atoms with E-state index in [1.165, 1.54) is 6.92 Å². The Bertz CT molecular complexity index is 843. The maximum Gasteiger partial charge on any atom is 0.416 e. The highest BCUT2D eigenvalue weighted by Crippen LogP contribution is 2.32. The summed E-state index contributed by atoms with van der Waals surface area (Å²) in [5, 5.41) is 3.63. The van der Waals surface area contributed by atoms with Crippen molar-refractivity contribution in [3.8, 4) is 0 Å². The minimum Gasteiger partial charge on any atom is -0.291 e. The van der Waals surface area contributed by atoms with Gasteiger partial charge in [0.05, 0.1) is 22.2 Å². The molecule has 0 aliphatic carbocycles. The molecule has 0 aliphatic heterocycles. The molecular formula is C12H10BrF3N2O3S. The lowest BCUT2D eigenvalue weighted by Crippen LogP contribution is -2.11. The number of ketones is 1. The van der Waals surface area contributed by atoms with E-state index in [2.05, 4.69) is 21.0 Å². The van der Waals surface area contributed by atoms with E-state index in [4.69, 9.17) is 0 Å². The number of carbonyl (C=O) groups is 1. The van der Waals surface area contributed by atoms with Gasteiger partial charge in [-0.2, -0.15) is 18.3 Å². The normalized spacial score (nSPS) is 12.8. The molecule has 2 heterocycles. The van der Waals surface area contributed by atoms with Crippen molar-refractivity contribution in [2.75, 3.05) is 11.1 Å². The first-order chi connectivity index (χ1) is 10.1. The van der Waals surface area contributed by atoms with Gasteiger partial charge in [-0.15, -0.1) is 0 Å². The van der Waals surface area contributed by atoms with Crippen LogP contribution >= 0.6 is 15.9 Å². The smallest absolute Gasteiger partial charge is 0.291 e. The highest BCUT2D eigenvalue weighted by Gasteiger charge is 2.33. The number of Topliss-reactive ketones (excluding diaryl/α,β-unsaturated/α-hetero) is 1. The second-order valence-corrected chi connectivity index (χ2v) is 7.16. The Morgan fingerprint density at radius 1 is 1.41 bits per heavy atom. The predicted molar refractivity (Wildman–Crippen MR) is 76.0 cm³/mol. The Labute approximate surface area is 132 Å². The molecule has 2 aromatic heterocycles. The molecule has 0 amide bonds. The molecular weight excluding hydrogens is 389 g/mol. The first kappa shape index (κ1) is 16.9. The van der Waals surface area contributed by atoms with Gasteiger partial charge in [0, 0.05) is 6.20 Å². The molecule has 0 unspecified atom stereocenters. The summed E-state index contributed by atoms with van der Waals surface area (Å²) in [6.07, 6.45) is -3.64. The van der Waals surface area contributed by atoms with Crippen LogP contribution < -0.4 is 0 Å². The predicted octanol–water partition coefficient (Wildman–Crippen LogP) is 2.72. The number of rotatable bonds is 4. The van der Waals surface area contributed by atoms with Crippen molar-refractivity contribution in [1.82, 2.24) is 9.61 Å². The van der Waals surface area contributed by atoms with Gasteiger partial charge < -0.3 is 0 Å². The minimum atomic E-state index is -4.63. The zero-order valence-corrected chi connectivity index (χ0v) is 13.6. The summed E-state index contributed by atoms with van der Waals surface area (Å²) in [5.41, 5.74) is -1.63. The number of hydrogen-bond donors (Lipinski definition) is 0. The number of hydrogen-bond acceptors (Lipinski definition) is 4. The lowest BCUT2D eigenvalue weighted by atomic mass is 10.2. The number of fused-ring (bicyclic) bond motifs is 1. The average molecular weight is 399 g/mol. The maximum absolute atomic E-state index is 12.8. The standard InChI is InChI=1S/C12H10BrF3N2O3S/c1-2-22(20,21)11-8-5-7(12(14,15)16)3-4-18(8)17-10(11)9(19)6-13/h3-5H,2,6H2,1H3. The molecule has 10 heteroatoms. The van der Waals surface area contributed by atoms with Crippen LogP contribution in [0, 0.1) is 0 Å². The van der Waals surface area contributed by atoms with Crippen LogP contribution in [-0.4, -0.2) is 34.9 Å². The van der Waals surface area contributed by atoms with Crippen molar-refractivity contribution in [2.45, 2.75) is 18.0 Å². The SMILES string of the molecule is CCS(=O)(=O)c1c(C(=O)CBr)nn2ccc(C(F)(F)F)cc12. The molecule has 0 saturated heterocycles. The van der Waals surface area contributed by atoms with E-state index in [1.807, 2.05) is 0 Å². The molecule has 22 heavy (non-hydrogen) atoms. The second kappa shape index (κ2) is 5.65. The van der Waals surface area contributed by atoms with Crippen LogP contribution in [0.2, 0.25) is 0 Å². The van der Waals surface area contributed by atoms with Crippen LogP contribution in [0.1, 0.15) is 23.0 Å². The van der Waals surface area contributed by atoms with Gasteiger partial charge >= 0.3 is 6.18 Å². The Kier molecular flexibility index (Phi) is 4.35. The van der Waals surface area contributed by atoms with E-state index in [0.717, 1.165) is 16.8 Å². The topological polar surface area (TPSA) is 68.5 Å². The van der Waals surface area contributed by atoms with Crippen LogP contribution in [0.15, 0.2) is 23.2 Å². The summed E-state index contributed by atoms with van der Waals surface area (Å²) < 4.78 is 63.7. The first-order valence-corrected chi connectivity index (χ1v) is 8.80. The number of alkyl halides is 4. The Morgan fingerprint density at radius 2 is 2.05 bits per heavy atom. The van der Waals surface area contributed by atoms with Gasteiger partial charge in [-0.05, 0) is 12.1 Å². The molecule has 0 spiro atoms. The summed E-state index contributed by atoms with van der Waals surface area (Å²) in [6.45, 7) is 1.34. The highest BCUT2D eigenvalue weighted by atomic mass is 79.9. The summed E-state index contributed by atoms with van der Waals surface area (Å²) in [6, 6.07) is 1.45. The van der Waals surface area contributed by atoms with Crippen LogP contribution in [0.3, 0.4) is 0 Å². The van der Waals surface area contributed by atoms with Crippen molar-refractivity contribution in [3.05, 3.63) is 29.6 Å². The van der Waals surface area contributed by atoms with Gasteiger partial charge in [0.25, 0.3) is 0 Å². The summed E-state index contributed by atoms with van der Waals surface area (Å²) in [5.74, 6) is -0.975. The number of pyridine rings is 1. The molecule has 0 aliphatic rings. The monoisotopic (exact) mass is 398 g/mol. The molecule has 0 N–H and O–H groups in total. The Morgan fingerprint density at radius 3 is 2.55 bits per heavy atom. The molecule has 2 aromatic rings. The van der Waals surface area contributed by atoms with Gasteiger partial charge in [0.1, 0.15) is 10.6 Å². The molecule has 0 atom stereocenters. The van der Waals surface area contributed by atoms with Crippen LogP contribution in [0.25, 0.3) is 5.52 Å². The van der Waals surface area contributed by atoms with E-state index >= 15 is 0 Å². The van der Waals surface area contributed by atoms with Crippen LogP contribution in [0.4, 0.5) is 13.2 Å². The number of halogens is 4. The molecule has 0 radical (unpaired) electrons. The van der Waals surface area contributed by atoms with E-state index in [9.17, 15) is 26.4 Å². The molecule has 5 nitrogen and oxygen atoms in total. The van der Waals surface area contributed by atoms with Crippen molar-refractivity contribution >= 4 is 37.1 Å². The maximum atomic E-state index is 12.8. The van der Waals surface area contributed by atoms with Gasteiger partial charge in [0.2, 0.25) is 0 Å². The van der Waals surface area contributed by atoms with Gasteiger partial charge in [-0.1, -0.05) is 22.9 Å².